The standard InChI is InChI=1S/C22H36O2S5/c1-3-5-15-23-21(25)28-17-11-9-7-8-10-12-18(20-14-13-19(17)27-20)29-22(26)24-16-6-4-2/h7-8,17-20H,3-6,9-16H2,1-2H3/b8-7+. The first-order valence-electron chi connectivity index (χ1n) is 11.1. The van der Waals surface area contributed by atoms with Crippen LogP contribution in [0.1, 0.15) is 78.1 Å². The predicted molar refractivity (Wildman–Crippen MR) is 142 cm³/mol. The highest BCUT2D eigenvalue weighted by Gasteiger charge is 2.37. The van der Waals surface area contributed by atoms with Crippen molar-refractivity contribution < 1.29 is 9.47 Å². The summed E-state index contributed by atoms with van der Waals surface area (Å²) < 4.78 is 13.1. The number of fused-ring (bicyclic) bond motifs is 2. The Bertz CT molecular complexity index is 481. The summed E-state index contributed by atoms with van der Waals surface area (Å²) in [7, 11) is 0. The van der Waals surface area contributed by atoms with Gasteiger partial charge in [0, 0.05) is 21.0 Å². The lowest BCUT2D eigenvalue weighted by Crippen LogP contribution is -2.22. The van der Waals surface area contributed by atoms with Crippen LogP contribution in [0, 0.1) is 0 Å². The molecule has 2 aliphatic rings. The topological polar surface area (TPSA) is 18.5 Å². The molecule has 4 unspecified atom stereocenters. The number of rotatable bonds is 8. The third-order valence-electron chi connectivity index (χ3n) is 5.25. The van der Waals surface area contributed by atoms with E-state index in [0.717, 1.165) is 60.5 Å². The van der Waals surface area contributed by atoms with Crippen LogP contribution in [0.5, 0.6) is 0 Å². The van der Waals surface area contributed by atoms with Crippen molar-refractivity contribution in [1.82, 2.24) is 0 Å². The van der Waals surface area contributed by atoms with Crippen LogP contribution >= 0.6 is 59.7 Å². The summed E-state index contributed by atoms with van der Waals surface area (Å²) in [6.07, 6.45) is 16.3. The lowest BCUT2D eigenvalue weighted by Gasteiger charge is -2.25. The minimum absolute atomic E-state index is 0.542. The molecule has 2 rings (SSSR count). The largest absolute Gasteiger partial charge is 0.479 e. The Labute approximate surface area is 201 Å². The highest BCUT2D eigenvalue weighted by molar-refractivity contribution is 8.24. The van der Waals surface area contributed by atoms with E-state index in [1.165, 1.54) is 25.7 Å². The molecule has 2 nitrogen and oxygen atoms in total. The molecule has 166 valence electrons. The lowest BCUT2D eigenvalue weighted by atomic mass is 10.0. The second-order valence-corrected chi connectivity index (χ2v) is 12.8. The monoisotopic (exact) mass is 492 g/mol. The van der Waals surface area contributed by atoms with Crippen LogP contribution in [-0.4, -0.2) is 43.0 Å². The summed E-state index contributed by atoms with van der Waals surface area (Å²) in [5.41, 5.74) is 0. The van der Waals surface area contributed by atoms with Gasteiger partial charge in [0.2, 0.25) is 8.77 Å². The first kappa shape index (κ1) is 25.8. The molecule has 0 N–H and O–H groups in total. The fraction of sp³-hybridized carbons (Fsp3) is 0.818. The van der Waals surface area contributed by atoms with Crippen molar-refractivity contribution in [3.63, 3.8) is 0 Å². The van der Waals surface area contributed by atoms with Gasteiger partial charge >= 0.3 is 0 Å². The van der Waals surface area contributed by atoms with Crippen molar-refractivity contribution in [2.24, 2.45) is 0 Å². The van der Waals surface area contributed by atoms with Crippen molar-refractivity contribution in [1.29, 1.82) is 0 Å². The molecule has 7 heteroatoms. The second-order valence-electron chi connectivity index (χ2n) is 7.63. The summed E-state index contributed by atoms with van der Waals surface area (Å²) in [4.78, 5) is 0. The summed E-state index contributed by atoms with van der Waals surface area (Å²) in [6.45, 7) is 5.87. The Morgan fingerprint density at radius 1 is 0.828 bits per heavy atom. The van der Waals surface area contributed by atoms with E-state index >= 15 is 0 Å². The van der Waals surface area contributed by atoms with Gasteiger partial charge in [-0.2, -0.15) is 11.8 Å². The van der Waals surface area contributed by atoms with Gasteiger partial charge in [-0.3, -0.25) is 0 Å². The Kier molecular flexibility index (Phi) is 13.7. The second kappa shape index (κ2) is 15.4. The van der Waals surface area contributed by atoms with Crippen LogP contribution < -0.4 is 0 Å². The van der Waals surface area contributed by atoms with Crippen LogP contribution in [0.25, 0.3) is 0 Å². The molecule has 1 fully saturated rings. The van der Waals surface area contributed by atoms with Crippen LogP contribution in [0.15, 0.2) is 12.2 Å². The van der Waals surface area contributed by atoms with Crippen molar-refractivity contribution in [2.75, 3.05) is 13.2 Å². The van der Waals surface area contributed by atoms with E-state index in [0.29, 0.717) is 21.0 Å². The SMILES string of the molecule is CCCCOC(=S)SC1CC/C=C/CCC(SC(=S)OCCCC)C2CCC1S2. The number of hydrogen-bond acceptors (Lipinski definition) is 7. The quantitative estimate of drug-likeness (QED) is 0.193. The first-order chi connectivity index (χ1) is 14.1. The van der Waals surface area contributed by atoms with Crippen molar-refractivity contribution >= 4 is 68.5 Å². The zero-order valence-electron chi connectivity index (χ0n) is 17.8. The van der Waals surface area contributed by atoms with Crippen molar-refractivity contribution in [3.8, 4) is 0 Å². The van der Waals surface area contributed by atoms with Gasteiger partial charge in [0.1, 0.15) is 0 Å². The minimum Gasteiger partial charge on any atom is -0.479 e. The average Bonchev–Trinajstić information content (AvgIpc) is 3.17. The third-order valence-corrected chi connectivity index (χ3v) is 10.6. The van der Waals surface area contributed by atoms with E-state index in [2.05, 4.69) is 37.8 Å². The molecule has 4 atom stereocenters. The molecular weight excluding hydrogens is 457 g/mol. The van der Waals surface area contributed by atoms with Gasteiger partial charge in [0.05, 0.1) is 13.2 Å². The van der Waals surface area contributed by atoms with Crippen molar-refractivity contribution in [2.45, 2.75) is 99.1 Å². The Morgan fingerprint density at radius 3 is 1.69 bits per heavy atom. The van der Waals surface area contributed by atoms with E-state index < -0.39 is 0 Å². The van der Waals surface area contributed by atoms with Gasteiger partial charge in [-0.1, -0.05) is 62.4 Å². The zero-order chi connectivity index (χ0) is 20.9. The Hall–Kier alpha value is 0.570. The highest BCUT2D eigenvalue weighted by Crippen LogP contribution is 2.46. The summed E-state index contributed by atoms with van der Waals surface area (Å²) in [5.74, 6) is 0. The lowest BCUT2D eigenvalue weighted by molar-refractivity contribution is 0.313. The number of unbranched alkanes of at least 4 members (excludes halogenated alkanes) is 2. The molecule has 0 aromatic rings. The third kappa shape index (κ3) is 10.2. The summed E-state index contributed by atoms with van der Waals surface area (Å²) in [5, 5.41) is 2.39. The molecule has 2 bridgehead atoms. The highest BCUT2D eigenvalue weighted by atomic mass is 32.2. The molecule has 0 amide bonds. The van der Waals surface area contributed by atoms with Gasteiger partial charge in [-0.05, 0) is 75.8 Å². The smallest absolute Gasteiger partial charge is 0.220 e. The maximum Gasteiger partial charge on any atom is 0.220 e. The maximum absolute atomic E-state index is 5.79. The van der Waals surface area contributed by atoms with Gasteiger partial charge in [-0.15, -0.1) is 0 Å². The van der Waals surface area contributed by atoms with Gasteiger partial charge in [0.15, 0.2) is 0 Å². The summed E-state index contributed by atoms with van der Waals surface area (Å²) in [6, 6.07) is 0. The fourth-order valence-electron chi connectivity index (χ4n) is 3.55. The molecule has 0 spiro atoms. The number of hydrogen-bond donors (Lipinski definition) is 0. The van der Waals surface area contributed by atoms with E-state index in [4.69, 9.17) is 33.9 Å². The molecule has 0 aromatic carbocycles. The van der Waals surface area contributed by atoms with Crippen molar-refractivity contribution in [3.05, 3.63) is 12.2 Å². The fourth-order valence-corrected chi connectivity index (χ4v) is 8.67. The van der Waals surface area contributed by atoms with E-state index in [-0.39, 0.29) is 0 Å². The van der Waals surface area contributed by atoms with E-state index in [9.17, 15) is 0 Å². The molecule has 2 heterocycles. The molecule has 0 saturated carbocycles. The minimum atomic E-state index is 0.542. The summed E-state index contributed by atoms with van der Waals surface area (Å²) >= 11 is 16.8. The number of ether oxygens (including phenoxy) is 2. The van der Waals surface area contributed by atoms with Gasteiger partial charge < -0.3 is 9.47 Å². The molecular formula is C22H36O2S5. The van der Waals surface area contributed by atoms with Gasteiger partial charge in [-0.25, -0.2) is 0 Å². The molecule has 0 aliphatic carbocycles. The number of thiocarbonyl (C=S) groups is 2. The number of allylic oxidation sites excluding steroid dienone is 2. The van der Waals surface area contributed by atoms with Crippen LogP contribution in [0.3, 0.4) is 0 Å². The normalized spacial score (nSPS) is 28.3. The van der Waals surface area contributed by atoms with E-state index in [1.807, 2.05) is 0 Å². The van der Waals surface area contributed by atoms with Crippen LogP contribution in [-0.2, 0) is 9.47 Å². The molecule has 0 aromatic heterocycles. The number of thioether (sulfide) groups is 3. The van der Waals surface area contributed by atoms with E-state index in [1.54, 1.807) is 23.5 Å². The molecule has 1 saturated heterocycles. The maximum atomic E-state index is 5.79. The molecule has 2 aliphatic heterocycles. The van der Waals surface area contributed by atoms with Gasteiger partial charge in [0.25, 0.3) is 0 Å². The first-order valence-corrected chi connectivity index (χ1v) is 14.6. The predicted octanol–water partition coefficient (Wildman–Crippen LogP) is 7.79. The molecule has 29 heavy (non-hydrogen) atoms. The average molecular weight is 493 g/mol. The molecule has 0 radical (unpaired) electrons. The zero-order valence-corrected chi connectivity index (χ0v) is 21.9. The van der Waals surface area contributed by atoms with Crippen LogP contribution in [0.4, 0.5) is 0 Å². The Morgan fingerprint density at radius 2 is 1.28 bits per heavy atom. The van der Waals surface area contributed by atoms with Crippen LogP contribution in [0.2, 0.25) is 0 Å². The Balaban J connectivity index is 1.93.